The largest absolute Gasteiger partial charge is 0.346 e. The van der Waals surface area contributed by atoms with Crippen LogP contribution in [0.15, 0.2) is 30.3 Å². The fourth-order valence-electron chi connectivity index (χ4n) is 3.31. The summed E-state index contributed by atoms with van der Waals surface area (Å²) in [6.07, 6.45) is 3.35. The smallest absolute Gasteiger partial charge is 0.237 e. The van der Waals surface area contributed by atoms with Gasteiger partial charge in [0.2, 0.25) is 15.9 Å². The van der Waals surface area contributed by atoms with Crippen LogP contribution in [0.1, 0.15) is 31.2 Å². The van der Waals surface area contributed by atoms with E-state index in [4.69, 9.17) is 0 Å². The highest BCUT2D eigenvalue weighted by Crippen LogP contribution is 2.31. The minimum atomic E-state index is -3.26. The van der Waals surface area contributed by atoms with Crippen LogP contribution < -0.4 is 10.0 Å². The van der Waals surface area contributed by atoms with Crippen molar-refractivity contribution in [3.8, 4) is 0 Å². The van der Waals surface area contributed by atoms with E-state index in [-0.39, 0.29) is 18.4 Å². The summed E-state index contributed by atoms with van der Waals surface area (Å²) in [6, 6.07) is 9.13. The molecule has 0 bridgehead atoms. The average Bonchev–Trinajstić information content (AvgIpc) is 2.61. The van der Waals surface area contributed by atoms with Gasteiger partial charge in [-0.15, -0.1) is 0 Å². The molecule has 1 aliphatic rings. The molecule has 0 unspecified atom stereocenters. The van der Waals surface area contributed by atoms with Crippen molar-refractivity contribution in [3.63, 3.8) is 0 Å². The molecule has 1 aromatic carbocycles. The minimum Gasteiger partial charge on any atom is -0.346 e. The lowest BCUT2D eigenvalue weighted by atomic mass is 9.85. The number of hydrogen-bond donors (Lipinski definition) is 2. The van der Waals surface area contributed by atoms with Gasteiger partial charge in [0.05, 0.1) is 18.3 Å². The summed E-state index contributed by atoms with van der Waals surface area (Å²) in [6.45, 7) is 3.03. The van der Waals surface area contributed by atoms with Gasteiger partial charge in [0.25, 0.3) is 0 Å². The lowest BCUT2D eigenvalue weighted by Gasteiger charge is -2.39. The summed E-state index contributed by atoms with van der Waals surface area (Å²) in [5.74, 6) is 0.0715. The van der Waals surface area contributed by atoms with Crippen LogP contribution in [-0.4, -0.2) is 63.5 Å². The van der Waals surface area contributed by atoms with Gasteiger partial charge >= 0.3 is 0 Å². The molecule has 1 fully saturated rings. The van der Waals surface area contributed by atoms with Crippen molar-refractivity contribution in [1.82, 2.24) is 14.9 Å². The van der Waals surface area contributed by atoms with Gasteiger partial charge in [0, 0.05) is 13.1 Å². The van der Waals surface area contributed by atoms with Crippen LogP contribution in [0.25, 0.3) is 0 Å². The maximum Gasteiger partial charge on any atom is 0.237 e. The van der Waals surface area contributed by atoms with Crippen LogP contribution in [-0.2, 0) is 19.6 Å². The molecule has 1 saturated heterocycles. The quantitative estimate of drug-likeness (QED) is 0.639. The third-order valence-corrected chi connectivity index (χ3v) is 5.35. The number of rotatable bonds is 8. The molecule has 3 atom stereocenters. The van der Waals surface area contributed by atoms with Gasteiger partial charge in [-0.2, -0.15) is 0 Å². The molecule has 2 N–H and O–H groups in total. The Labute approximate surface area is 155 Å². The Balaban J connectivity index is 2.08. The SMILES string of the molecule is C[C@@H](C=O)NC(=O)[C@H]1C[C@@H](c2ccccc2)CCN1CCNS(C)(=O)=O. The summed E-state index contributed by atoms with van der Waals surface area (Å²) in [7, 11) is -3.26. The van der Waals surface area contributed by atoms with Gasteiger partial charge in [-0.1, -0.05) is 30.3 Å². The molecule has 144 valence electrons. The Hall–Kier alpha value is -1.77. The second-order valence-corrected chi connectivity index (χ2v) is 8.62. The first kappa shape index (κ1) is 20.5. The standard InChI is InChI=1S/C18H27N3O4S/c1-14(13-22)20-18(23)17-12-16(15-6-4-3-5-7-15)8-10-21(17)11-9-19-26(2,24)25/h3-7,13-14,16-17,19H,8-12H2,1-2H3,(H,20,23)/t14-,16-,17+/m0/s1. The first-order chi connectivity index (χ1) is 12.3. The highest BCUT2D eigenvalue weighted by atomic mass is 32.2. The normalized spacial score (nSPS) is 22.5. The first-order valence-corrected chi connectivity index (χ1v) is 10.7. The van der Waals surface area contributed by atoms with Gasteiger partial charge in [0.15, 0.2) is 0 Å². The maximum absolute atomic E-state index is 12.7. The van der Waals surface area contributed by atoms with Crippen molar-refractivity contribution in [2.75, 3.05) is 25.9 Å². The van der Waals surface area contributed by atoms with Gasteiger partial charge in [-0.25, -0.2) is 13.1 Å². The predicted octanol–water partition coefficient (Wildman–Crippen LogP) is 0.487. The number of nitrogens with zero attached hydrogens (tertiary/aromatic N) is 1. The molecule has 1 heterocycles. The Morgan fingerprint density at radius 1 is 1.35 bits per heavy atom. The maximum atomic E-state index is 12.7. The second-order valence-electron chi connectivity index (χ2n) is 6.78. The lowest BCUT2D eigenvalue weighted by molar-refractivity contribution is -0.129. The highest BCUT2D eigenvalue weighted by molar-refractivity contribution is 7.88. The number of amides is 1. The summed E-state index contributed by atoms with van der Waals surface area (Å²) >= 11 is 0. The second kappa shape index (κ2) is 9.25. The van der Waals surface area contributed by atoms with Gasteiger partial charge in [-0.05, 0) is 37.8 Å². The zero-order valence-electron chi connectivity index (χ0n) is 15.2. The van der Waals surface area contributed by atoms with Crippen molar-refractivity contribution in [1.29, 1.82) is 0 Å². The van der Waals surface area contributed by atoms with Crippen molar-refractivity contribution >= 4 is 22.2 Å². The summed E-state index contributed by atoms with van der Waals surface area (Å²) in [5, 5.41) is 2.72. The molecule has 1 aromatic rings. The van der Waals surface area contributed by atoms with Crippen LogP contribution >= 0.6 is 0 Å². The summed E-state index contributed by atoms with van der Waals surface area (Å²) in [4.78, 5) is 25.5. The molecule has 0 aromatic heterocycles. The van der Waals surface area contributed by atoms with Crippen LogP contribution in [0, 0.1) is 0 Å². The van der Waals surface area contributed by atoms with Crippen LogP contribution in [0.4, 0.5) is 0 Å². The Kier molecular flexibility index (Phi) is 7.31. The highest BCUT2D eigenvalue weighted by Gasteiger charge is 2.34. The molecular weight excluding hydrogens is 354 g/mol. The molecule has 8 heteroatoms. The molecule has 0 radical (unpaired) electrons. The van der Waals surface area contributed by atoms with E-state index in [0.717, 1.165) is 12.7 Å². The predicted molar refractivity (Wildman–Crippen MR) is 100 cm³/mol. The van der Waals surface area contributed by atoms with E-state index in [1.54, 1.807) is 6.92 Å². The third kappa shape index (κ3) is 6.19. The number of piperidine rings is 1. The van der Waals surface area contributed by atoms with Crippen molar-refractivity contribution in [2.45, 2.75) is 37.8 Å². The molecule has 26 heavy (non-hydrogen) atoms. The monoisotopic (exact) mass is 381 g/mol. The average molecular weight is 381 g/mol. The lowest BCUT2D eigenvalue weighted by Crippen LogP contribution is -2.54. The number of carbonyl (C=O) groups is 2. The Bertz CT molecular complexity index is 708. The van der Waals surface area contributed by atoms with Crippen molar-refractivity contribution < 1.29 is 18.0 Å². The van der Waals surface area contributed by atoms with Gasteiger partial charge < -0.3 is 10.1 Å². The first-order valence-electron chi connectivity index (χ1n) is 8.79. The number of aldehydes is 1. The number of hydrogen-bond acceptors (Lipinski definition) is 5. The van der Waals surface area contributed by atoms with Gasteiger partial charge in [-0.3, -0.25) is 9.69 Å². The zero-order valence-corrected chi connectivity index (χ0v) is 16.0. The molecule has 7 nitrogen and oxygen atoms in total. The fraction of sp³-hybridized carbons (Fsp3) is 0.556. The minimum absolute atomic E-state index is 0.190. The van der Waals surface area contributed by atoms with E-state index in [1.807, 2.05) is 23.1 Å². The Morgan fingerprint density at radius 3 is 2.65 bits per heavy atom. The van der Waals surface area contributed by atoms with E-state index in [9.17, 15) is 18.0 Å². The van der Waals surface area contributed by atoms with Crippen LogP contribution in [0.2, 0.25) is 0 Å². The number of nitrogens with one attached hydrogen (secondary N) is 2. The number of benzene rings is 1. The number of carbonyl (C=O) groups excluding carboxylic acids is 2. The van der Waals surface area contributed by atoms with Gasteiger partial charge in [0.1, 0.15) is 6.29 Å². The van der Waals surface area contributed by atoms with E-state index < -0.39 is 22.1 Å². The van der Waals surface area contributed by atoms with Crippen LogP contribution in [0.3, 0.4) is 0 Å². The molecular formula is C18H27N3O4S. The molecule has 1 amide bonds. The van der Waals surface area contributed by atoms with E-state index in [0.29, 0.717) is 25.8 Å². The molecule has 0 saturated carbocycles. The fourth-order valence-corrected chi connectivity index (χ4v) is 3.77. The zero-order chi connectivity index (χ0) is 19.2. The summed E-state index contributed by atoms with van der Waals surface area (Å²) in [5.41, 5.74) is 1.20. The molecule has 1 aliphatic heterocycles. The van der Waals surface area contributed by atoms with E-state index in [2.05, 4.69) is 22.2 Å². The molecule has 0 spiro atoms. The molecule has 0 aliphatic carbocycles. The number of sulfonamides is 1. The van der Waals surface area contributed by atoms with Crippen LogP contribution in [0.5, 0.6) is 0 Å². The third-order valence-electron chi connectivity index (χ3n) is 4.62. The van der Waals surface area contributed by atoms with Crippen molar-refractivity contribution in [3.05, 3.63) is 35.9 Å². The topological polar surface area (TPSA) is 95.6 Å². The molecule has 2 rings (SSSR count). The Morgan fingerprint density at radius 2 is 2.04 bits per heavy atom. The number of likely N-dealkylation sites (tertiary alicyclic amines) is 1. The van der Waals surface area contributed by atoms with Crippen molar-refractivity contribution in [2.24, 2.45) is 0 Å². The van der Waals surface area contributed by atoms with E-state index in [1.165, 1.54) is 5.56 Å². The summed E-state index contributed by atoms with van der Waals surface area (Å²) < 4.78 is 25.0. The van der Waals surface area contributed by atoms with E-state index >= 15 is 0 Å².